The van der Waals surface area contributed by atoms with Crippen LogP contribution in [-0.4, -0.2) is 38.2 Å². The molecule has 192 valence electrons. The number of urea groups is 1. The largest absolute Gasteiger partial charge is 0.493 e. The van der Waals surface area contributed by atoms with Crippen molar-refractivity contribution >= 4 is 45.5 Å². The molecule has 2 aromatic carbocycles. The standard InChI is InChI=1S/C27H31BrN2O6/c1-4-6-7-8-14-36-22-11-9-19(28)15-18(22)16-21-25(31)29-27(33)30(26(21)32)20-10-12-23(35-13-5-2)24(17-20)34-3/h9-12,15-17H,4-8,13-14H2,1-3H3,(H,29,31,33)/b21-16-. The lowest BCUT2D eigenvalue weighted by Crippen LogP contribution is -2.54. The van der Waals surface area contributed by atoms with Crippen LogP contribution in [0.15, 0.2) is 46.4 Å². The molecule has 8 nitrogen and oxygen atoms in total. The Kier molecular flexibility index (Phi) is 9.93. The Morgan fingerprint density at radius 2 is 1.64 bits per heavy atom. The summed E-state index contributed by atoms with van der Waals surface area (Å²) in [6.07, 6.45) is 6.49. The van der Waals surface area contributed by atoms with Gasteiger partial charge in [-0.1, -0.05) is 49.0 Å². The summed E-state index contributed by atoms with van der Waals surface area (Å²) in [5, 5.41) is 2.25. The van der Waals surface area contributed by atoms with Crippen molar-refractivity contribution in [2.45, 2.75) is 46.0 Å². The van der Waals surface area contributed by atoms with Gasteiger partial charge < -0.3 is 14.2 Å². The van der Waals surface area contributed by atoms with Gasteiger partial charge in [0.05, 0.1) is 26.0 Å². The van der Waals surface area contributed by atoms with Gasteiger partial charge in [-0.05, 0) is 49.2 Å². The number of hydrogen-bond acceptors (Lipinski definition) is 6. The maximum atomic E-state index is 13.4. The van der Waals surface area contributed by atoms with Crippen molar-refractivity contribution < 1.29 is 28.6 Å². The van der Waals surface area contributed by atoms with Gasteiger partial charge >= 0.3 is 6.03 Å². The zero-order valence-electron chi connectivity index (χ0n) is 20.8. The summed E-state index contributed by atoms with van der Waals surface area (Å²) in [5.74, 6) is -0.110. The summed E-state index contributed by atoms with van der Waals surface area (Å²) >= 11 is 3.43. The van der Waals surface area contributed by atoms with Gasteiger partial charge in [-0.25, -0.2) is 9.69 Å². The van der Waals surface area contributed by atoms with E-state index in [1.807, 2.05) is 13.0 Å². The second-order valence-corrected chi connectivity index (χ2v) is 9.15. The first kappa shape index (κ1) is 27.3. The van der Waals surface area contributed by atoms with E-state index in [1.54, 1.807) is 24.3 Å². The van der Waals surface area contributed by atoms with Gasteiger partial charge in [0.1, 0.15) is 11.3 Å². The Morgan fingerprint density at radius 3 is 2.36 bits per heavy atom. The van der Waals surface area contributed by atoms with Crippen LogP contribution in [0.4, 0.5) is 10.5 Å². The molecular formula is C27H31BrN2O6. The SMILES string of the molecule is CCCCCCOc1ccc(Br)cc1/C=C1/C(=O)NC(=O)N(c2ccc(OCCC)c(OC)c2)C1=O. The molecule has 0 radical (unpaired) electrons. The lowest BCUT2D eigenvalue weighted by atomic mass is 10.1. The summed E-state index contributed by atoms with van der Waals surface area (Å²) in [6, 6.07) is 9.26. The van der Waals surface area contributed by atoms with E-state index in [0.717, 1.165) is 41.5 Å². The van der Waals surface area contributed by atoms with Gasteiger partial charge in [0.15, 0.2) is 11.5 Å². The van der Waals surface area contributed by atoms with Crippen LogP contribution in [0.3, 0.4) is 0 Å². The summed E-state index contributed by atoms with van der Waals surface area (Å²) < 4.78 is 17.7. The average molecular weight is 559 g/mol. The quantitative estimate of drug-likeness (QED) is 0.199. The highest BCUT2D eigenvalue weighted by molar-refractivity contribution is 9.10. The van der Waals surface area contributed by atoms with Crippen LogP contribution < -0.4 is 24.4 Å². The molecule has 1 N–H and O–H groups in total. The van der Waals surface area contributed by atoms with Gasteiger partial charge in [0.2, 0.25) is 0 Å². The van der Waals surface area contributed by atoms with Crippen LogP contribution in [0.25, 0.3) is 6.08 Å². The predicted octanol–water partition coefficient (Wildman–Crippen LogP) is 5.87. The number of halogens is 1. The van der Waals surface area contributed by atoms with Crippen LogP contribution in [0.1, 0.15) is 51.5 Å². The number of nitrogens with zero attached hydrogens (tertiary/aromatic N) is 1. The first-order valence-corrected chi connectivity index (χ1v) is 12.8. The Labute approximate surface area is 219 Å². The highest BCUT2D eigenvalue weighted by Crippen LogP contribution is 2.34. The number of methoxy groups -OCH3 is 1. The van der Waals surface area contributed by atoms with E-state index < -0.39 is 17.8 Å². The first-order valence-electron chi connectivity index (χ1n) is 12.0. The lowest BCUT2D eigenvalue weighted by molar-refractivity contribution is -0.122. The molecule has 1 aliphatic heterocycles. The number of unbranched alkanes of at least 4 members (excludes halogenated alkanes) is 3. The van der Waals surface area contributed by atoms with E-state index in [9.17, 15) is 14.4 Å². The van der Waals surface area contributed by atoms with Gasteiger partial charge in [-0.3, -0.25) is 14.9 Å². The molecule has 0 bridgehead atoms. The minimum absolute atomic E-state index is 0.186. The lowest BCUT2D eigenvalue weighted by Gasteiger charge is -2.27. The molecule has 3 rings (SSSR count). The van der Waals surface area contributed by atoms with Crippen molar-refractivity contribution in [2.75, 3.05) is 25.2 Å². The number of ether oxygens (including phenoxy) is 3. The van der Waals surface area contributed by atoms with Crippen molar-refractivity contribution in [3.05, 3.63) is 52.0 Å². The van der Waals surface area contributed by atoms with Crippen molar-refractivity contribution in [3.8, 4) is 17.2 Å². The molecule has 1 fully saturated rings. The summed E-state index contributed by atoms with van der Waals surface area (Å²) in [4.78, 5) is 39.6. The third-order valence-electron chi connectivity index (χ3n) is 5.50. The highest BCUT2D eigenvalue weighted by atomic mass is 79.9. The minimum atomic E-state index is -0.840. The monoisotopic (exact) mass is 558 g/mol. The number of anilines is 1. The summed E-state index contributed by atoms with van der Waals surface area (Å²) in [5.41, 5.74) is 0.612. The van der Waals surface area contributed by atoms with Gasteiger partial charge in [-0.2, -0.15) is 0 Å². The van der Waals surface area contributed by atoms with Crippen molar-refractivity contribution in [2.24, 2.45) is 0 Å². The Bertz CT molecular complexity index is 1150. The van der Waals surface area contributed by atoms with E-state index in [1.165, 1.54) is 19.3 Å². The second-order valence-electron chi connectivity index (χ2n) is 8.23. The molecule has 9 heteroatoms. The molecule has 2 aromatic rings. The molecule has 0 aromatic heterocycles. The second kappa shape index (κ2) is 13.1. The fraction of sp³-hybridized carbons (Fsp3) is 0.370. The molecule has 0 spiro atoms. The number of amides is 4. The number of carbonyl (C=O) groups is 3. The molecule has 0 aliphatic carbocycles. The van der Waals surface area contributed by atoms with Crippen LogP contribution in [0.2, 0.25) is 0 Å². The Hall–Kier alpha value is -3.33. The van der Waals surface area contributed by atoms with E-state index in [2.05, 4.69) is 28.2 Å². The van der Waals surface area contributed by atoms with E-state index in [4.69, 9.17) is 14.2 Å². The smallest absolute Gasteiger partial charge is 0.335 e. The maximum absolute atomic E-state index is 13.4. The molecule has 0 atom stereocenters. The van der Waals surface area contributed by atoms with E-state index >= 15 is 0 Å². The molecule has 0 unspecified atom stereocenters. The molecule has 1 saturated heterocycles. The number of rotatable bonds is 12. The summed E-state index contributed by atoms with van der Waals surface area (Å²) in [6.45, 7) is 5.14. The molecule has 1 aliphatic rings. The molecule has 4 amide bonds. The van der Waals surface area contributed by atoms with Crippen molar-refractivity contribution in [1.29, 1.82) is 0 Å². The zero-order chi connectivity index (χ0) is 26.1. The minimum Gasteiger partial charge on any atom is -0.493 e. The van der Waals surface area contributed by atoms with E-state index in [0.29, 0.717) is 36.0 Å². The van der Waals surface area contributed by atoms with Gasteiger partial charge in [-0.15, -0.1) is 0 Å². The topological polar surface area (TPSA) is 94.2 Å². The first-order chi connectivity index (χ1) is 17.4. The normalized spacial score (nSPS) is 14.7. The van der Waals surface area contributed by atoms with Crippen LogP contribution >= 0.6 is 15.9 Å². The number of benzene rings is 2. The number of imide groups is 2. The van der Waals surface area contributed by atoms with Crippen molar-refractivity contribution in [1.82, 2.24) is 5.32 Å². The van der Waals surface area contributed by atoms with Crippen molar-refractivity contribution in [3.63, 3.8) is 0 Å². The van der Waals surface area contributed by atoms with Crippen LogP contribution in [0.5, 0.6) is 17.2 Å². The summed E-state index contributed by atoms with van der Waals surface area (Å²) in [7, 11) is 1.47. The Morgan fingerprint density at radius 1 is 0.889 bits per heavy atom. The third-order valence-corrected chi connectivity index (χ3v) is 5.99. The Balaban J connectivity index is 1.91. The van der Waals surface area contributed by atoms with E-state index in [-0.39, 0.29) is 11.3 Å². The number of barbiturate groups is 1. The van der Waals surface area contributed by atoms with Gasteiger partial charge in [0, 0.05) is 16.1 Å². The predicted molar refractivity (Wildman–Crippen MR) is 142 cm³/mol. The molecule has 36 heavy (non-hydrogen) atoms. The fourth-order valence-corrected chi connectivity index (χ4v) is 4.03. The van der Waals surface area contributed by atoms with Crippen LogP contribution in [-0.2, 0) is 9.59 Å². The number of nitrogens with one attached hydrogen (secondary N) is 1. The fourth-order valence-electron chi connectivity index (χ4n) is 3.65. The zero-order valence-corrected chi connectivity index (χ0v) is 22.4. The highest BCUT2D eigenvalue weighted by Gasteiger charge is 2.37. The van der Waals surface area contributed by atoms with Crippen LogP contribution in [0, 0.1) is 0 Å². The molecule has 1 heterocycles. The third kappa shape index (κ3) is 6.66. The molecular weight excluding hydrogens is 528 g/mol. The number of hydrogen-bond donors (Lipinski definition) is 1. The number of carbonyl (C=O) groups excluding carboxylic acids is 3. The van der Waals surface area contributed by atoms with Gasteiger partial charge in [0.25, 0.3) is 11.8 Å². The molecule has 0 saturated carbocycles. The maximum Gasteiger partial charge on any atom is 0.335 e. The average Bonchev–Trinajstić information content (AvgIpc) is 2.86.